The number of halogens is 1. The SMILES string of the molecule is C/C(=C1/C(=O)c2c(c3c(C)nn(-c4ccccc4)c3[nH]c2=O)C1c1ccc(F)cc1)c1cc(C)nn1-c1ccccc1. The Labute approximate surface area is 240 Å². The Balaban J connectivity index is 1.55. The van der Waals surface area contributed by atoms with Crippen LogP contribution < -0.4 is 5.56 Å². The Kier molecular flexibility index (Phi) is 5.86. The van der Waals surface area contributed by atoms with Gasteiger partial charge in [0.1, 0.15) is 11.5 Å². The van der Waals surface area contributed by atoms with Gasteiger partial charge in [-0.3, -0.25) is 9.59 Å². The molecule has 0 fully saturated rings. The Morgan fingerprint density at radius 3 is 2.10 bits per heavy atom. The number of nitrogens with zero attached hydrogens (tertiary/aromatic N) is 4. The maximum atomic E-state index is 14.4. The number of aromatic amines is 1. The zero-order valence-corrected chi connectivity index (χ0v) is 23.2. The molecule has 1 N–H and O–H groups in total. The number of carbonyl (C=O) groups excluding carboxylic acids is 1. The summed E-state index contributed by atoms with van der Waals surface area (Å²) in [5, 5.41) is 10.2. The number of aromatic nitrogens is 5. The summed E-state index contributed by atoms with van der Waals surface area (Å²) in [5.74, 6) is -1.36. The molecule has 3 aromatic heterocycles. The largest absolute Gasteiger partial charge is 0.306 e. The van der Waals surface area contributed by atoms with Gasteiger partial charge in [-0.05, 0) is 79.9 Å². The van der Waals surface area contributed by atoms with E-state index in [0.29, 0.717) is 39.0 Å². The van der Waals surface area contributed by atoms with Crippen molar-refractivity contribution in [3.63, 3.8) is 0 Å². The van der Waals surface area contributed by atoms with E-state index in [-0.39, 0.29) is 17.2 Å². The number of H-pyrrole nitrogens is 1. The minimum Gasteiger partial charge on any atom is -0.306 e. The van der Waals surface area contributed by atoms with E-state index in [4.69, 9.17) is 10.2 Å². The standard InChI is InChI=1S/C34H26FN5O2/c1-19-18-26(39(37-19)24-10-6-4-7-11-24)20(2)27-29(22-14-16-23(35)17-15-22)30-28-21(3)38-40(25-12-8-5-9-13-25)33(28)36-34(42)31(30)32(27)41/h4-18,29H,1-3H3,(H,36,42)/b27-20-. The minimum absolute atomic E-state index is 0.0874. The van der Waals surface area contributed by atoms with Crippen molar-refractivity contribution in [3.8, 4) is 11.4 Å². The van der Waals surface area contributed by atoms with Gasteiger partial charge in [-0.1, -0.05) is 48.5 Å². The lowest BCUT2D eigenvalue weighted by Gasteiger charge is -2.18. The molecular formula is C34H26FN5O2. The van der Waals surface area contributed by atoms with Gasteiger partial charge in [-0.25, -0.2) is 13.8 Å². The molecule has 3 heterocycles. The van der Waals surface area contributed by atoms with Gasteiger partial charge in [0.25, 0.3) is 5.56 Å². The summed E-state index contributed by atoms with van der Waals surface area (Å²) >= 11 is 0. The molecule has 0 bridgehead atoms. The second-order valence-electron chi connectivity index (χ2n) is 10.6. The van der Waals surface area contributed by atoms with Crippen LogP contribution in [-0.2, 0) is 0 Å². The van der Waals surface area contributed by atoms with E-state index in [1.807, 2.05) is 92.2 Å². The van der Waals surface area contributed by atoms with E-state index >= 15 is 0 Å². The first-order valence-electron chi connectivity index (χ1n) is 13.7. The fraction of sp³-hybridized carbons (Fsp3) is 0.118. The first-order valence-corrected chi connectivity index (χ1v) is 13.7. The number of Topliss-reactive ketones (excluding diaryl/α,β-unsaturated/α-hetero) is 1. The fourth-order valence-electron chi connectivity index (χ4n) is 6.11. The number of pyridine rings is 1. The summed E-state index contributed by atoms with van der Waals surface area (Å²) < 4.78 is 17.6. The van der Waals surface area contributed by atoms with E-state index in [1.165, 1.54) is 12.1 Å². The average Bonchev–Trinajstić information content (AvgIpc) is 3.65. The van der Waals surface area contributed by atoms with Crippen molar-refractivity contribution in [2.75, 3.05) is 0 Å². The van der Waals surface area contributed by atoms with Gasteiger partial charge in [0.15, 0.2) is 5.78 Å². The monoisotopic (exact) mass is 555 g/mol. The maximum absolute atomic E-state index is 14.4. The van der Waals surface area contributed by atoms with Crippen LogP contribution in [-0.4, -0.2) is 30.3 Å². The highest BCUT2D eigenvalue weighted by Gasteiger charge is 2.42. The van der Waals surface area contributed by atoms with E-state index < -0.39 is 11.5 Å². The van der Waals surface area contributed by atoms with Crippen LogP contribution in [0.4, 0.5) is 4.39 Å². The first-order chi connectivity index (χ1) is 20.3. The van der Waals surface area contributed by atoms with Crippen LogP contribution in [0.25, 0.3) is 28.0 Å². The average molecular weight is 556 g/mol. The number of ketones is 1. The number of nitrogens with one attached hydrogen (secondary N) is 1. The number of para-hydroxylation sites is 2. The number of aryl methyl sites for hydroxylation is 2. The summed E-state index contributed by atoms with van der Waals surface area (Å²) in [5.41, 5.74) is 6.38. The predicted octanol–water partition coefficient (Wildman–Crippen LogP) is 6.46. The second-order valence-corrected chi connectivity index (χ2v) is 10.6. The normalized spacial score (nSPS) is 15.8. The number of hydrogen-bond acceptors (Lipinski definition) is 4. The lowest BCUT2D eigenvalue weighted by atomic mass is 9.85. The van der Waals surface area contributed by atoms with E-state index in [0.717, 1.165) is 22.8 Å². The van der Waals surface area contributed by atoms with Gasteiger partial charge in [-0.2, -0.15) is 10.2 Å². The Morgan fingerprint density at radius 1 is 0.833 bits per heavy atom. The summed E-state index contributed by atoms with van der Waals surface area (Å²) in [7, 11) is 0. The lowest BCUT2D eigenvalue weighted by molar-refractivity contribution is 0.103. The molecule has 0 saturated heterocycles. The zero-order chi connectivity index (χ0) is 29.1. The van der Waals surface area contributed by atoms with Crippen molar-refractivity contribution in [1.29, 1.82) is 0 Å². The summed E-state index contributed by atoms with van der Waals surface area (Å²) in [6, 6.07) is 27.3. The van der Waals surface area contributed by atoms with Gasteiger partial charge in [0.05, 0.1) is 34.0 Å². The van der Waals surface area contributed by atoms with Crippen molar-refractivity contribution >= 4 is 22.4 Å². The Hall–Kier alpha value is -5.37. The van der Waals surface area contributed by atoms with Gasteiger partial charge >= 0.3 is 0 Å². The first kappa shape index (κ1) is 25.6. The Morgan fingerprint density at radius 2 is 1.45 bits per heavy atom. The topological polar surface area (TPSA) is 85.6 Å². The molecule has 1 aliphatic carbocycles. The fourth-order valence-corrected chi connectivity index (χ4v) is 6.11. The number of rotatable bonds is 4. The van der Waals surface area contributed by atoms with E-state index in [1.54, 1.807) is 16.8 Å². The molecule has 0 amide bonds. The van der Waals surface area contributed by atoms with Crippen LogP contribution in [0.2, 0.25) is 0 Å². The van der Waals surface area contributed by atoms with Crippen LogP contribution in [0, 0.1) is 19.7 Å². The number of carbonyl (C=O) groups is 1. The van der Waals surface area contributed by atoms with Gasteiger partial charge in [0.2, 0.25) is 0 Å². The van der Waals surface area contributed by atoms with Crippen LogP contribution in [0.3, 0.4) is 0 Å². The molecule has 42 heavy (non-hydrogen) atoms. The molecule has 6 aromatic rings. The lowest BCUT2D eigenvalue weighted by Crippen LogP contribution is -2.17. The van der Waals surface area contributed by atoms with Gasteiger partial charge in [0, 0.05) is 16.9 Å². The Bertz CT molecular complexity index is 2100. The number of hydrogen-bond donors (Lipinski definition) is 1. The van der Waals surface area contributed by atoms with Crippen LogP contribution in [0.5, 0.6) is 0 Å². The predicted molar refractivity (Wildman–Crippen MR) is 160 cm³/mol. The molecule has 1 aliphatic rings. The van der Waals surface area contributed by atoms with Crippen molar-refractivity contribution in [3.05, 3.63) is 147 Å². The second kappa shape index (κ2) is 9.62. The maximum Gasteiger partial charge on any atom is 0.261 e. The smallest absolute Gasteiger partial charge is 0.261 e. The number of fused-ring (bicyclic) bond motifs is 3. The third-order valence-corrected chi connectivity index (χ3v) is 7.93. The number of allylic oxidation sites excluding steroid dienone is 2. The molecule has 1 atom stereocenters. The minimum atomic E-state index is -0.621. The van der Waals surface area contributed by atoms with Crippen molar-refractivity contribution in [2.24, 2.45) is 0 Å². The molecule has 0 spiro atoms. The van der Waals surface area contributed by atoms with Gasteiger partial charge in [-0.15, -0.1) is 0 Å². The number of benzene rings is 3. The molecule has 0 saturated carbocycles. The van der Waals surface area contributed by atoms with Crippen LogP contribution >= 0.6 is 0 Å². The molecule has 7 rings (SSSR count). The van der Waals surface area contributed by atoms with Crippen LogP contribution in [0.15, 0.2) is 101 Å². The third-order valence-electron chi connectivity index (χ3n) is 7.93. The summed E-state index contributed by atoms with van der Waals surface area (Å²) in [6.45, 7) is 5.66. The van der Waals surface area contributed by atoms with Crippen molar-refractivity contribution < 1.29 is 9.18 Å². The highest BCUT2D eigenvalue weighted by molar-refractivity contribution is 6.21. The van der Waals surface area contributed by atoms with E-state index in [2.05, 4.69) is 4.98 Å². The van der Waals surface area contributed by atoms with Crippen LogP contribution in [0.1, 0.15) is 51.4 Å². The summed E-state index contributed by atoms with van der Waals surface area (Å²) in [4.78, 5) is 31.1. The summed E-state index contributed by atoms with van der Waals surface area (Å²) in [6.07, 6.45) is 0. The van der Waals surface area contributed by atoms with Crippen molar-refractivity contribution in [1.82, 2.24) is 24.5 Å². The molecule has 3 aromatic carbocycles. The highest BCUT2D eigenvalue weighted by Crippen LogP contribution is 2.47. The van der Waals surface area contributed by atoms with E-state index in [9.17, 15) is 14.0 Å². The molecular weight excluding hydrogens is 529 g/mol. The molecule has 1 unspecified atom stereocenters. The molecule has 0 radical (unpaired) electrons. The highest BCUT2D eigenvalue weighted by atomic mass is 19.1. The zero-order valence-electron chi connectivity index (χ0n) is 23.2. The van der Waals surface area contributed by atoms with Gasteiger partial charge < -0.3 is 4.98 Å². The molecule has 7 nitrogen and oxygen atoms in total. The quantitative estimate of drug-likeness (QED) is 0.253. The molecule has 8 heteroatoms. The van der Waals surface area contributed by atoms with Crippen molar-refractivity contribution in [2.45, 2.75) is 26.7 Å². The molecule has 0 aliphatic heterocycles. The molecule has 206 valence electrons. The third kappa shape index (κ3) is 3.87.